The normalized spacial score (nSPS) is 10.9. The molecule has 0 fully saturated rings. The van der Waals surface area contributed by atoms with Crippen LogP contribution < -0.4 is 10.6 Å². The van der Waals surface area contributed by atoms with Gasteiger partial charge in [0.1, 0.15) is 6.54 Å². The van der Waals surface area contributed by atoms with E-state index in [4.69, 9.17) is 0 Å². The van der Waals surface area contributed by atoms with Gasteiger partial charge >= 0.3 is 6.18 Å². The third-order valence-corrected chi connectivity index (χ3v) is 3.94. The summed E-state index contributed by atoms with van der Waals surface area (Å²) < 4.78 is 39.2. The largest absolute Gasteiger partial charge is 0.418 e. The Bertz CT molecular complexity index is 913. The molecule has 0 saturated carbocycles. The third-order valence-electron chi connectivity index (χ3n) is 3.94. The van der Waals surface area contributed by atoms with E-state index in [-0.39, 0.29) is 23.7 Å². The molecule has 0 aliphatic carbocycles. The zero-order valence-corrected chi connectivity index (χ0v) is 15.8. The lowest BCUT2D eigenvalue weighted by Gasteiger charge is -2.21. The van der Waals surface area contributed by atoms with Crippen molar-refractivity contribution in [3.8, 4) is 0 Å². The number of hydrogen-bond donors (Lipinski definition) is 2. The van der Waals surface area contributed by atoms with Crippen LogP contribution in [0.5, 0.6) is 0 Å². The number of halogens is 3. The van der Waals surface area contributed by atoms with Gasteiger partial charge in [0.05, 0.1) is 11.3 Å². The van der Waals surface area contributed by atoms with E-state index in [1.807, 2.05) is 0 Å². The van der Waals surface area contributed by atoms with Gasteiger partial charge in [-0.1, -0.05) is 18.2 Å². The van der Waals surface area contributed by atoms with Crippen molar-refractivity contribution < 1.29 is 27.6 Å². The van der Waals surface area contributed by atoms with Crippen LogP contribution in [0.4, 0.5) is 24.5 Å². The van der Waals surface area contributed by atoms with Crippen molar-refractivity contribution in [1.29, 1.82) is 0 Å². The van der Waals surface area contributed by atoms with Crippen LogP contribution in [0.25, 0.3) is 0 Å². The molecule has 2 rings (SSSR count). The number of anilines is 2. The summed E-state index contributed by atoms with van der Waals surface area (Å²) in [6, 6.07) is 10.8. The van der Waals surface area contributed by atoms with Gasteiger partial charge in [-0.25, -0.2) is 0 Å². The zero-order valence-electron chi connectivity index (χ0n) is 15.8. The average Bonchev–Trinajstić information content (AvgIpc) is 2.65. The molecule has 0 radical (unpaired) electrons. The Balaban J connectivity index is 2.13. The fraction of sp³-hybridized carbons (Fsp3) is 0.250. The number of alkyl halides is 3. The number of nitrogens with one attached hydrogen (secondary N) is 2. The topological polar surface area (TPSA) is 78.5 Å². The van der Waals surface area contributed by atoms with Crippen LogP contribution in [0, 0.1) is 0 Å². The number of nitrogens with zero attached hydrogens (tertiary/aromatic N) is 1. The Morgan fingerprint density at radius 3 is 2.31 bits per heavy atom. The van der Waals surface area contributed by atoms with E-state index in [0.717, 1.165) is 12.1 Å². The molecule has 2 aromatic carbocycles. The maximum atomic E-state index is 13.1. The number of benzene rings is 2. The summed E-state index contributed by atoms with van der Waals surface area (Å²) >= 11 is 0. The zero-order chi connectivity index (χ0) is 21.6. The molecule has 0 spiro atoms. The first-order chi connectivity index (χ1) is 13.6. The van der Waals surface area contributed by atoms with E-state index in [9.17, 15) is 27.6 Å². The highest BCUT2D eigenvalue weighted by molar-refractivity contribution is 6.00. The molecule has 0 heterocycles. The number of carbonyl (C=O) groups is 3. The molecule has 0 atom stereocenters. The fourth-order valence-corrected chi connectivity index (χ4v) is 2.65. The first-order valence-electron chi connectivity index (χ1n) is 8.74. The molecule has 9 heteroatoms. The van der Waals surface area contributed by atoms with Crippen LogP contribution >= 0.6 is 0 Å². The van der Waals surface area contributed by atoms with Crippen LogP contribution in [-0.4, -0.2) is 35.7 Å². The van der Waals surface area contributed by atoms with E-state index >= 15 is 0 Å². The second kappa shape index (κ2) is 9.22. The van der Waals surface area contributed by atoms with Crippen molar-refractivity contribution in [3.05, 3.63) is 59.7 Å². The van der Waals surface area contributed by atoms with E-state index in [0.29, 0.717) is 5.69 Å². The number of carbonyl (C=O) groups excluding carboxylic acids is 3. The van der Waals surface area contributed by atoms with Gasteiger partial charge in [0.25, 0.3) is 5.91 Å². The second-order valence-corrected chi connectivity index (χ2v) is 6.17. The van der Waals surface area contributed by atoms with Gasteiger partial charge in [0, 0.05) is 24.7 Å². The minimum absolute atomic E-state index is 0.164. The van der Waals surface area contributed by atoms with Gasteiger partial charge in [-0.2, -0.15) is 13.2 Å². The number of hydrogen-bond acceptors (Lipinski definition) is 3. The Morgan fingerprint density at radius 1 is 1.00 bits per heavy atom. The molecule has 29 heavy (non-hydrogen) atoms. The van der Waals surface area contributed by atoms with Gasteiger partial charge in [0.15, 0.2) is 0 Å². The van der Waals surface area contributed by atoms with Gasteiger partial charge in [0.2, 0.25) is 11.8 Å². The van der Waals surface area contributed by atoms with E-state index in [2.05, 4.69) is 10.6 Å². The van der Waals surface area contributed by atoms with E-state index < -0.39 is 30.1 Å². The van der Waals surface area contributed by atoms with Crippen LogP contribution in [-0.2, 0) is 15.8 Å². The lowest BCUT2D eigenvalue weighted by molar-refractivity contribution is -0.137. The Labute approximate surface area is 165 Å². The van der Waals surface area contributed by atoms with Crippen molar-refractivity contribution in [2.24, 2.45) is 0 Å². The van der Waals surface area contributed by atoms with Crippen LogP contribution in [0.1, 0.15) is 29.8 Å². The molecule has 3 amide bonds. The SMILES string of the molecule is CCN(CC(=O)Nc1ccccc1C(F)(F)F)C(=O)c1cccc(NC(C)=O)c1. The lowest BCUT2D eigenvalue weighted by Crippen LogP contribution is -2.38. The molecule has 0 bridgehead atoms. The Hall–Kier alpha value is -3.36. The highest BCUT2D eigenvalue weighted by Gasteiger charge is 2.33. The molecule has 0 aliphatic heterocycles. The molecule has 2 aromatic rings. The van der Waals surface area contributed by atoms with Gasteiger partial charge in [-0.05, 0) is 37.3 Å². The summed E-state index contributed by atoms with van der Waals surface area (Å²) in [5, 5.41) is 4.77. The molecule has 154 valence electrons. The molecular weight excluding hydrogens is 387 g/mol. The quantitative estimate of drug-likeness (QED) is 0.765. The lowest BCUT2D eigenvalue weighted by atomic mass is 10.1. The summed E-state index contributed by atoms with van der Waals surface area (Å²) in [4.78, 5) is 37.3. The number of likely N-dealkylation sites (N-methyl/N-ethyl adjacent to an activating group) is 1. The third kappa shape index (κ3) is 6.06. The highest BCUT2D eigenvalue weighted by Crippen LogP contribution is 2.34. The predicted molar refractivity (Wildman–Crippen MR) is 102 cm³/mol. The molecule has 2 N–H and O–H groups in total. The summed E-state index contributed by atoms with van der Waals surface area (Å²) in [6.45, 7) is 2.71. The summed E-state index contributed by atoms with van der Waals surface area (Å²) in [5.41, 5.74) is -0.684. The second-order valence-electron chi connectivity index (χ2n) is 6.17. The summed E-state index contributed by atoms with van der Waals surface area (Å²) in [6.07, 6.45) is -4.62. The minimum atomic E-state index is -4.62. The Kier molecular flexibility index (Phi) is 6.98. The fourth-order valence-electron chi connectivity index (χ4n) is 2.65. The smallest absolute Gasteiger partial charge is 0.330 e. The molecule has 0 aliphatic rings. The molecule has 0 saturated heterocycles. The van der Waals surface area contributed by atoms with Gasteiger partial charge in [-0.15, -0.1) is 0 Å². The van der Waals surface area contributed by atoms with Crippen LogP contribution in [0.3, 0.4) is 0 Å². The maximum absolute atomic E-state index is 13.1. The van der Waals surface area contributed by atoms with E-state index in [1.165, 1.54) is 36.1 Å². The highest BCUT2D eigenvalue weighted by atomic mass is 19.4. The van der Waals surface area contributed by atoms with Crippen molar-refractivity contribution >= 4 is 29.1 Å². The van der Waals surface area contributed by atoms with E-state index in [1.54, 1.807) is 19.1 Å². The van der Waals surface area contributed by atoms with Crippen molar-refractivity contribution in [2.45, 2.75) is 20.0 Å². The number of rotatable bonds is 6. The van der Waals surface area contributed by atoms with Crippen LogP contribution in [0.15, 0.2) is 48.5 Å². The van der Waals surface area contributed by atoms with Crippen LogP contribution in [0.2, 0.25) is 0 Å². The Morgan fingerprint density at radius 2 is 1.69 bits per heavy atom. The molecular formula is C20H20F3N3O3. The van der Waals surface area contributed by atoms with Gasteiger partial charge in [-0.3, -0.25) is 14.4 Å². The van der Waals surface area contributed by atoms with Crippen molar-refractivity contribution in [1.82, 2.24) is 4.90 Å². The maximum Gasteiger partial charge on any atom is 0.418 e. The minimum Gasteiger partial charge on any atom is -0.330 e. The molecule has 0 unspecified atom stereocenters. The number of amides is 3. The predicted octanol–water partition coefficient (Wildman–Crippen LogP) is 3.76. The number of para-hydroxylation sites is 1. The van der Waals surface area contributed by atoms with Gasteiger partial charge < -0.3 is 15.5 Å². The monoisotopic (exact) mass is 407 g/mol. The molecule has 6 nitrogen and oxygen atoms in total. The van der Waals surface area contributed by atoms with Crippen molar-refractivity contribution in [3.63, 3.8) is 0 Å². The summed E-state index contributed by atoms with van der Waals surface area (Å²) in [5.74, 6) is -1.54. The average molecular weight is 407 g/mol. The summed E-state index contributed by atoms with van der Waals surface area (Å²) in [7, 11) is 0. The first kappa shape index (κ1) is 21.9. The first-order valence-corrected chi connectivity index (χ1v) is 8.74. The van der Waals surface area contributed by atoms with Crippen molar-refractivity contribution in [2.75, 3.05) is 23.7 Å². The standard InChI is InChI=1S/C20H20F3N3O3/c1-3-26(19(29)14-7-6-8-15(11-14)24-13(2)27)12-18(28)25-17-10-5-4-9-16(17)20(21,22)23/h4-11H,3,12H2,1-2H3,(H,24,27)(H,25,28). The molecule has 0 aromatic heterocycles.